The molecule has 0 saturated carbocycles. The highest BCUT2D eigenvalue weighted by molar-refractivity contribution is 6.42. The lowest BCUT2D eigenvalue weighted by Gasteiger charge is -2.37. The monoisotopic (exact) mass is 582 g/mol. The number of carbonyl (C=O) groups excluding carboxylic acids is 2. The zero-order valence-electron chi connectivity index (χ0n) is 20.8. The van der Waals surface area contributed by atoms with Crippen molar-refractivity contribution < 1.29 is 27.9 Å². The Morgan fingerprint density at radius 3 is 2.56 bits per heavy atom. The highest BCUT2D eigenvalue weighted by atomic mass is 35.5. The lowest BCUT2D eigenvalue weighted by Crippen LogP contribution is -2.47. The van der Waals surface area contributed by atoms with Crippen LogP contribution in [0.5, 0.6) is 0 Å². The average Bonchev–Trinajstić information content (AvgIpc) is 3.27. The van der Waals surface area contributed by atoms with E-state index in [1.807, 2.05) is 6.92 Å². The van der Waals surface area contributed by atoms with Gasteiger partial charge in [-0.2, -0.15) is 18.3 Å². The summed E-state index contributed by atoms with van der Waals surface area (Å²) in [6.45, 7) is 3.33. The topological polar surface area (TPSA) is 104 Å². The standard InChI is InChI=1S/C25H23Cl2F3N6O3/c1-12-5-19-16(10-34(12)23(38)14-3-4-17(26)18(27)6-14)22-24(39)35(9-15(11-37)36(22)33-19)13(2)20-7-32-21(8-31-20)25(28,29)30/h3-4,6-8,12-13,15,37H,5,9-11H2,1-2H3/t12-,13?,15+/m1/s1. The Balaban J connectivity index is 1.47. The van der Waals surface area contributed by atoms with Crippen molar-refractivity contribution in [2.75, 3.05) is 13.2 Å². The number of alkyl halides is 3. The van der Waals surface area contributed by atoms with E-state index in [4.69, 9.17) is 23.2 Å². The van der Waals surface area contributed by atoms with Crippen LogP contribution in [0.15, 0.2) is 30.6 Å². The van der Waals surface area contributed by atoms with Crippen LogP contribution in [0.2, 0.25) is 10.0 Å². The van der Waals surface area contributed by atoms with Gasteiger partial charge in [-0.25, -0.2) is 4.98 Å². The van der Waals surface area contributed by atoms with E-state index >= 15 is 0 Å². The van der Waals surface area contributed by atoms with Gasteiger partial charge in [-0.3, -0.25) is 19.3 Å². The summed E-state index contributed by atoms with van der Waals surface area (Å²) < 4.78 is 40.3. The molecule has 1 unspecified atom stereocenters. The molecule has 1 N–H and O–H groups in total. The molecule has 0 radical (unpaired) electrons. The van der Waals surface area contributed by atoms with Gasteiger partial charge in [0.15, 0.2) is 5.69 Å². The quantitative estimate of drug-likeness (QED) is 0.491. The van der Waals surface area contributed by atoms with Crippen molar-refractivity contribution in [1.29, 1.82) is 0 Å². The highest BCUT2D eigenvalue weighted by Crippen LogP contribution is 2.36. The summed E-state index contributed by atoms with van der Waals surface area (Å²) >= 11 is 12.1. The Kier molecular flexibility index (Phi) is 7.06. The molecule has 39 heavy (non-hydrogen) atoms. The molecule has 0 bridgehead atoms. The van der Waals surface area contributed by atoms with Gasteiger partial charge in [0.1, 0.15) is 5.69 Å². The van der Waals surface area contributed by atoms with E-state index < -0.39 is 29.9 Å². The fraction of sp³-hybridized carbons (Fsp3) is 0.400. The minimum atomic E-state index is -4.64. The van der Waals surface area contributed by atoms with Crippen molar-refractivity contribution in [1.82, 2.24) is 29.5 Å². The first-order valence-electron chi connectivity index (χ1n) is 12.1. The second-order valence-electron chi connectivity index (χ2n) is 9.63. The van der Waals surface area contributed by atoms with Crippen LogP contribution in [0.4, 0.5) is 13.2 Å². The van der Waals surface area contributed by atoms with E-state index in [-0.39, 0.29) is 48.1 Å². The highest BCUT2D eigenvalue weighted by Gasteiger charge is 2.42. The molecule has 3 aromatic rings. The number of aliphatic hydroxyl groups excluding tert-OH is 1. The van der Waals surface area contributed by atoms with Crippen LogP contribution >= 0.6 is 23.2 Å². The second kappa shape index (κ2) is 10.1. The fourth-order valence-corrected chi connectivity index (χ4v) is 5.27. The lowest BCUT2D eigenvalue weighted by atomic mass is 9.97. The SMILES string of the molecule is CC(c1cnc(C(F)(F)F)cn1)N1C[C@@H](CO)n2nc3c(c2C1=O)CN(C(=O)c1ccc(Cl)c(Cl)c1)[C@H](C)C3. The number of hydrogen-bond donors (Lipinski definition) is 1. The first kappa shape index (κ1) is 27.4. The zero-order chi connectivity index (χ0) is 28.2. The number of aromatic nitrogens is 4. The molecule has 2 aliphatic rings. The van der Waals surface area contributed by atoms with Crippen molar-refractivity contribution in [2.45, 2.75) is 51.1 Å². The fourth-order valence-electron chi connectivity index (χ4n) is 4.97. The molecule has 0 saturated heterocycles. The number of aliphatic hydroxyl groups is 1. The molecule has 0 spiro atoms. The number of nitrogens with zero attached hydrogens (tertiary/aromatic N) is 6. The van der Waals surface area contributed by atoms with Gasteiger partial charge in [0, 0.05) is 30.1 Å². The van der Waals surface area contributed by atoms with Crippen LogP contribution in [0.1, 0.15) is 69.4 Å². The maximum atomic E-state index is 13.8. The third kappa shape index (κ3) is 4.85. The number of hydrogen-bond acceptors (Lipinski definition) is 6. The summed E-state index contributed by atoms with van der Waals surface area (Å²) in [7, 11) is 0. The first-order valence-corrected chi connectivity index (χ1v) is 12.8. The Labute approximate surface area is 231 Å². The van der Waals surface area contributed by atoms with Crippen LogP contribution in [0.25, 0.3) is 0 Å². The summed E-state index contributed by atoms with van der Waals surface area (Å²) in [5, 5.41) is 15.3. The molecule has 5 rings (SSSR count). The summed E-state index contributed by atoms with van der Waals surface area (Å²) in [4.78, 5) is 37.6. The van der Waals surface area contributed by atoms with Gasteiger partial charge < -0.3 is 14.9 Å². The van der Waals surface area contributed by atoms with Gasteiger partial charge in [0.25, 0.3) is 11.8 Å². The molecule has 4 heterocycles. The van der Waals surface area contributed by atoms with Crippen molar-refractivity contribution >= 4 is 35.0 Å². The molecule has 2 amide bonds. The van der Waals surface area contributed by atoms with Crippen LogP contribution in [-0.2, 0) is 19.1 Å². The molecule has 2 aromatic heterocycles. The maximum Gasteiger partial charge on any atom is 0.434 e. The predicted octanol–water partition coefficient (Wildman–Crippen LogP) is 4.34. The van der Waals surface area contributed by atoms with Gasteiger partial charge in [-0.15, -0.1) is 0 Å². The van der Waals surface area contributed by atoms with E-state index in [9.17, 15) is 27.9 Å². The first-order chi connectivity index (χ1) is 18.4. The molecular weight excluding hydrogens is 560 g/mol. The van der Waals surface area contributed by atoms with Crippen LogP contribution in [0, 0.1) is 0 Å². The van der Waals surface area contributed by atoms with Crippen LogP contribution in [-0.4, -0.2) is 65.7 Å². The third-order valence-electron chi connectivity index (χ3n) is 7.15. The molecule has 2 aliphatic heterocycles. The van der Waals surface area contributed by atoms with E-state index in [0.717, 1.165) is 6.20 Å². The molecule has 0 fully saturated rings. The smallest absolute Gasteiger partial charge is 0.394 e. The van der Waals surface area contributed by atoms with Crippen molar-refractivity contribution in [3.63, 3.8) is 0 Å². The van der Waals surface area contributed by atoms with Gasteiger partial charge >= 0.3 is 6.18 Å². The Morgan fingerprint density at radius 2 is 1.95 bits per heavy atom. The van der Waals surface area contributed by atoms with Gasteiger partial charge in [0.2, 0.25) is 0 Å². The molecule has 3 atom stereocenters. The number of halogens is 5. The minimum absolute atomic E-state index is 0.0637. The normalized spacial score (nSPS) is 20.1. The number of rotatable bonds is 4. The predicted molar refractivity (Wildman–Crippen MR) is 134 cm³/mol. The molecule has 9 nitrogen and oxygen atoms in total. The summed E-state index contributed by atoms with van der Waals surface area (Å²) in [6.07, 6.45) is -2.63. The van der Waals surface area contributed by atoms with E-state index in [1.165, 1.54) is 21.7 Å². The summed E-state index contributed by atoms with van der Waals surface area (Å²) in [5.41, 5.74) is 0.800. The minimum Gasteiger partial charge on any atom is -0.394 e. The Morgan fingerprint density at radius 1 is 1.21 bits per heavy atom. The zero-order valence-corrected chi connectivity index (χ0v) is 22.3. The molecule has 14 heteroatoms. The van der Waals surface area contributed by atoms with Crippen molar-refractivity contribution in [3.8, 4) is 0 Å². The van der Waals surface area contributed by atoms with Gasteiger partial charge in [0.05, 0.1) is 59.1 Å². The Bertz CT molecular complexity index is 1450. The number of carbonyl (C=O) groups is 2. The van der Waals surface area contributed by atoms with E-state index in [0.29, 0.717) is 34.5 Å². The molecule has 0 aliphatic carbocycles. The largest absolute Gasteiger partial charge is 0.434 e. The molecule has 1 aromatic carbocycles. The molecule has 206 valence electrons. The average molecular weight is 583 g/mol. The third-order valence-corrected chi connectivity index (χ3v) is 7.89. The number of amides is 2. The van der Waals surface area contributed by atoms with Gasteiger partial charge in [-0.05, 0) is 32.0 Å². The van der Waals surface area contributed by atoms with Crippen LogP contribution in [0.3, 0.4) is 0 Å². The Hall–Kier alpha value is -3.22. The van der Waals surface area contributed by atoms with Crippen LogP contribution < -0.4 is 0 Å². The molecular formula is C25H23Cl2F3N6O3. The maximum absolute atomic E-state index is 13.8. The summed E-state index contributed by atoms with van der Waals surface area (Å²) in [5.74, 6) is -0.724. The van der Waals surface area contributed by atoms with E-state index in [2.05, 4.69) is 15.1 Å². The van der Waals surface area contributed by atoms with Crippen molar-refractivity contribution in [2.24, 2.45) is 0 Å². The number of benzene rings is 1. The summed E-state index contributed by atoms with van der Waals surface area (Å²) in [6, 6.07) is 3.03. The van der Waals surface area contributed by atoms with Crippen molar-refractivity contribution in [3.05, 3.63) is 74.5 Å². The second-order valence-corrected chi connectivity index (χ2v) is 10.4. The van der Waals surface area contributed by atoms with E-state index in [1.54, 1.807) is 17.9 Å². The number of fused-ring (bicyclic) bond motifs is 3. The lowest BCUT2D eigenvalue weighted by molar-refractivity contribution is -0.141. The van der Waals surface area contributed by atoms with Gasteiger partial charge in [-0.1, -0.05) is 23.2 Å².